The van der Waals surface area contributed by atoms with Gasteiger partial charge in [-0.1, -0.05) is 42.8 Å². The fraction of sp³-hybridized carbons (Fsp3) is 0.235. The molecule has 0 spiro atoms. The van der Waals surface area contributed by atoms with Gasteiger partial charge in [-0.05, 0) is 48.5 Å². The molecule has 0 saturated carbocycles. The molecule has 0 unspecified atom stereocenters. The van der Waals surface area contributed by atoms with Crippen molar-refractivity contribution >= 4 is 34.6 Å². The van der Waals surface area contributed by atoms with Crippen molar-refractivity contribution in [2.45, 2.75) is 13.3 Å². The van der Waals surface area contributed by atoms with E-state index in [0.717, 1.165) is 12.1 Å². The molecule has 2 rings (SSSR count). The Hall–Kier alpha value is -1.78. The Balaban J connectivity index is 1.70. The average Bonchev–Trinajstić information content (AvgIpc) is 2.54. The predicted octanol–water partition coefficient (Wildman–Crippen LogP) is 4.27. The summed E-state index contributed by atoms with van der Waals surface area (Å²) in [5.41, 5.74) is 2.28. The van der Waals surface area contributed by atoms with Gasteiger partial charge >= 0.3 is 0 Å². The highest BCUT2D eigenvalue weighted by Crippen LogP contribution is 2.22. The van der Waals surface area contributed by atoms with Gasteiger partial charge in [0.1, 0.15) is 12.4 Å². The lowest BCUT2D eigenvalue weighted by atomic mass is 10.1. The number of halogens is 1. The maximum Gasteiger partial charge on any atom is 0.170 e. The van der Waals surface area contributed by atoms with Crippen LogP contribution >= 0.6 is 23.8 Å². The molecule has 2 aromatic rings. The molecule has 5 heteroatoms. The summed E-state index contributed by atoms with van der Waals surface area (Å²) in [6.07, 6.45) is 1.03. The van der Waals surface area contributed by atoms with Crippen molar-refractivity contribution in [2.24, 2.45) is 0 Å². The highest BCUT2D eigenvalue weighted by atomic mass is 35.5. The Morgan fingerprint density at radius 2 is 1.86 bits per heavy atom. The number of benzene rings is 2. The Morgan fingerprint density at radius 3 is 2.55 bits per heavy atom. The molecule has 2 N–H and O–H groups in total. The summed E-state index contributed by atoms with van der Waals surface area (Å²) in [6.45, 7) is 3.22. The van der Waals surface area contributed by atoms with Crippen LogP contribution in [0, 0.1) is 0 Å². The van der Waals surface area contributed by atoms with Crippen LogP contribution in [0.25, 0.3) is 0 Å². The van der Waals surface area contributed by atoms with E-state index in [9.17, 15) is 0 Å². The second-order valence-corrected chi connectivity index (χ2v) is 5.53. The third-order valence-electron chi connectivity index (χ3n) is 3.10. The summed E-state index contributed by atoms with van der Waals surface area (Å²) in [4.78, 5) is 0. The molecule has 0 bridgehead atoms. The van der Waals surface area contributed by atoms with Gasteiger partial charge in [0, 0.05) is 5.69 Å². The van der Waals surface area contributed by atoms with Crippen molar-refractivity contribution in [3.05, 3.63) is 59.1 Å². The van der Waals surface area contributed by atoms with Crippen molar-refractivity contribution < 1.29 is 4.74 Å². The van der Waals surface area contributed by atoms with E-state index in [1.165, 1.54) is 5.56 Å². The second kappa shape index (κ2) is 8.61. The van der Waals surface area contributed by atoms with E-state index in [1.807, 2.05) is 30.3 Å². The van der Waals surface area contributed by atoms with Crippen molar-refractivity contribution in [2.75, 3.05) is 18.5 Å². The number of thiocarbonyl (C=S) groups is 1. The third kappa shape index (κ3) is 5.20. The lowest BCUT2D eigenvalue weighted by molar-refractivity contribution is 0.323. The predicted molar refractivity (Wildman–Crippen MR) is 97.0 cm³/mol. The highest BCUT2D eigenvalue weighted by Gasteiger charge is 2.00. The number of hydrogen-bond donors (Lipinski definition) is 2. The van der Waals surface area contributed by atoms with Crippen LogP contribution in [0.2, 0.25) is 5.02 Å². The van der Waals surface area contributed by atoms with Gasteiger partial charge in [-0.3, -0.25) is 0 Å². The normalized spacial score (nSPS) is 10.1. The molecule has 0 aliphatic carbocycles. The molecule has 116 valence electrons. The van der Waals surface area contributed by atoms with E-state index >= 15 is 0 Å². The largest absolute Gasteiger partial charge is 0.490 e. The van der Waals surface area contributed by atoms with Crippen LogP contribution in [0.1, 0.15) is 12.5 Å². The zero-order chi connectivity index (χ0) is 15.8. The fourth-order valence-electron chi connectivity index (χ4n) is 1.89. The summed E-state index contributed by atoms with van der Waals surface area (Å²) in [5.74, 6) is 0.681. The van der Waals surface area contributed by atoms with Crippen LogP contribution in [0.5, 0.6) is 5.75 Å². The first-order chi connectivity index (χ1) is 10.7. The number of anilines is 1. The van der Waals surface area contributed by atoms with Gasteiger partial charge in [-0.25, -0.2) is 0 Å². The van der Waals surface area contributed by atoms with E-state index in [-0.39, 0.29) is 0 Å². The zero-order valence-electron chi connectivity index (χ0n) is 12.4. The summed E-state index contributed by atoms with van der Waals surface area (Å²) < 4.78 is 5.59. The molecule has 0 aliphatic rings. The quantitative estimate of drug-likeness (QED) is 0.610. The van der Waals surface area contributed by atoms with Crippen LogP contribution in [0.4, 0.5) is 5.69 Å². The minimum Gasteiger partial charge on any atom is -0.490 e. The monoisotopic (exact) mass is 334 g/mol. The number of nitrogens with one attached hydrogen (secondary N) is 2. The molecule has 0 aromatic heterocycles. The summed E-state index contributed by atoms with van der Waals surface area (Å²) in [7, 11) is 0. The van der Waals surface area contributed by atoms with E-state index in [1.54, 1.807) is 6.07 Å². The molecule has 0 heterocycles. The number of rotatable bonds is 6. The molecular weight excluding hydrogens is 316 g/mol. The molecule has 0 aliphatic heterocycles. The van der Waals surface area contributed by atoms with Gasteiger partial charge in [0.05, 0.1) is 11.6 Å². The zero-order valence-corrected chi connectivity index (χ0v) is 14.0. The van der Waals surface area contributed by atoms with E-state index in [4.69, 9.17) is 28.6 Å². The summed E-state index contributed by atoms with van der Waals surface area (Å²) >= 11 is 11.3. The van der Waals surface area contributed by atoms with Gasteiger partial charge in [0.15, 0.2) is 5.11 Å². The van der Waals surface area contributed by atoms with Crippen LogP contribution in [-0.4, -0.2) is 18.3 Å². The Kier molecular flexibility index (Phi) is 6.49. The summed E-state index contributed by atoms with van der Waals surface area (Å²) in [5, 5.41) is 7.43. The molecule has 0 atom stereocenters. The van der Waals surface area contributed by atoms with Gasteiger partial charge < -0.3 is 15.4 Å². The lowest BCUT2D eigenvalue weighted by Gasteiger charge is -2.12. The summed E-state index contributed by atoms with van der Waals surface area (Å²) in [6, 6.07) is 15.6. The molecule has 0 saturated heterocycles. The van der Waals surface area contributed by atoms with Crippen molar-refractivity contribution in [1.82, 2.24) is 5.32 Å². The van der Waals surface area contributed by atoms with E-state index in [0.29, 0.717) is 29.0 Å². The van der Waals surface area contributed by atoms with E-state index < -0.39 is 0 Å². The maximum atomic E-state index is 6.01. The van der Waals surface area contributed by atoms with Crippen LogP contribution in [-0.2, 0) is 6.42 Å². The van der Waals surface area contributed by atoms with Crippen LogP contribution in [0.15, 0.2) is 48.5 Å². The Morgan fingerprint density at radius 1 is 1.14 bits per heavy atom. The van der Waals surface area contributed by atoms with Crippen molar-refractivity contribution in [1.29, 1.82) is 0 Å². The van der Waals surface area contributed by atoms with Gasteiger partial charge in [0.25, 0.3) is 0 Å². The molecule has 22 heavy (non-hydrogen) atoms. The fourth-order valence-corrected chi connectivity index (χ4v) is 2.30. The number of aryl methyl sites for hydroxylation is 1. The highest BCUT2D eigenvalue weighted by molar-refractivity contribution is 7.80. The van der Waals surface area contributed by atoms with E-state index in [2.05, 4.69) is 29.7 Å². The number of hydrogen-bond acceptors (Lipinski definition) is 2. The number of para-hydroxylation sites is 1. The van der Waals surface area contributed by atoms with Gasteiger partial charge in [-0.2, -0.15) is 0 Å². The molecule has 3 nitrogen and oxygen atoms in total. The molecule has 0 radical (unpaired) electrons. The first-order valence-corrected chi connectivity index (χ1v) is 7.99. The first-order valence-electron chi connectivity index (χ1n) is 7.20. The SMILES string of the molecule is CCc1ccc(NC(=S)NCCOc2ccccc2Cl)cc1. The third-order valence-corrected chi connectivity index (χ3v) is 3.66. The lowest BCUT2D eigenvalue weighted by Crippen LogP contribution is -2.31. The molecule has 0 fully saturated rings. The minimum absolute atomic E-state index is 0.486. The van der Waals surface area contributed by atoms with Gasteiger partial charge in [-0.15, -0.1) is 0 Å². The van der Waals surface area contributed by atoms with Crippen molar-refractivity contribution in [3.8, 4) is 5.75 Å². The van der Waals surface area contributed by atoms with Gasteiger partial charge in [0.2, 0.25) is 0 Å². The second-order valence-electron chi connectivity index (χ2n) is 4.71. The smallest absolute Gasteiger partial charge is 0.170 e. The number of ether oxygens (including phenoxy) is 1. The topological polar surface area (TPSA) is 33.3 Å². The molecular formula is C17H19ClN2OS. The standard InChI is InChI=1S/C17H19ClN2OS/c1-2-13-7-9-14(10-8-13)20-17(22)19-11-12-21-16-6-4-3-5-15(16)18/h3-10H,2,11-12H2,1H3,(H2,19,20,22). The minimum atomic E-state index is 0.486. The van der Waals surface area contributed by atoms with Crippen LogP contribution in [0.3, 0.4) is 0 Å². The first kappa shape index (κ1) is 16.6. The maximum absolute atomic E-state index is 6.01. The van der Waals surface area contributed by atoms with Crippen molar-refractivity contribution in [3.63, 3.8) is 0 Å². The average molecular weight is 335 g/mol. The Labute approximate surface area is 141 Å². The van der Waals surface area contributed by atoms with Crippen LogP contribution < -0.4 is 15.4 Å². The Bertz CT molecular complexity index is 616. The molecule has 0 amide bonds. The molecule has 2 aromatic carbocycles.